The van der Waals surface area contributed by atoms with E-state index in [0.717, 1.165) is 4.90 Å². The zero-order chi connectivity index (χ0) is 36.8. The fraction of sp³-hybridized carbons (Fsp3) is 0.444. The van der Waals surface area contributed by atoms with Crippen molar-refractivity contribution in [3.05, 3.63) is 71.8 Å². The first-order valence-corrected chi connectivity index (χ1v) is 16.5. The highest BCUT2D eigenvalue weighted by molar-refractivity contribution is 6.10. The van der Waals surface area contributed by atoms with Gasteiger partial charge in [0.25, 0.3) is 11.8 Å². The number of hydrogen-bond donors (Lipinski definition) is 0. The van der Waals surface area contributed by atoms with E-state index in [1.807, 2.05) is 0 Å². The Morgan fingerprint density at radius 2 is 1.06 bits per heavy atom. The summed E-state index contributed by atoms with van der Waals surface area (Å²) in [6.07, 6.45) is -0.00719. The molecule has 0 aliphatic carbocycles. The Bertz CT molecular complexity index is 1530. The molecular weight excluding hydrogens is 652 g/mol. The lowest BCUT2D eigenvalue weighted by atomic mass is 9.89. The van der Waals surface area contributed by atoms with Crippen molar-refractivity contribution in [3.63, 3.8) is 0 Å². The van der Waals surface area contributed by atoms with Crippen molar-refractivity contribution in [2.45, 2.75) is 65.1 Å². The zero-order valence-corrected chi connectivity index (χ0v) is 28.5. The van der Waals surface area contributed by atoms with Crippen LogP contribution >= 0.6 is 0 Å². The third-order valence-corrected chi connectivity index (χ3v) is 7.87. The molecule has 4 unspecified atom stereocenters. The van der Waals surface area contributed by atoms with Crippen LogP contribution in [0, 0.1) is 5.92 Å². The largest absolute Gasteiger partial charge is 0.465 e. The minimum Gasteiger partial charge on any atom is -0.465 e. The van der Waals surface area contributed by atoms with Crippen LogP contribution in [-0.4, -0.2) is 108 Å². The Labute approximate surface area is 290 Å². The lowest BCUT2D eigenvalue weighted by molar-refractivity contribution is -0.162. The smallest absolute Gasteiger partial charge is 0.336 e. The molecule has 2 fully saturated rings. The number of Topliss-reactive ketones (excluding diaryl/α,β-unsaturated/α-hetero) is 2. The molecule has 2 aliphatic heterocycles. The second kappa shape index (κ2) is 19.0. The summed E-state index contributed by atoms with van der Waals surface area (Å²) in [4.78, 5) is 101. The molecule has 2 saturated heterocycles. The van der Waals surface area contributed by atoms with Crippen LogP contribution in [0.15, 0.2) is 60.7 Å². The molecule has 0 spiro atoms. The third kappa shape index (κ3) is 9.61. The number of benzene rings is 2. The van der Waals surface area contributed by atoms with E-state index in [0.29, 0.717) is 5.56 Å². The molecule has 0 bridgehead atoms. The number of esters is 4. The third-order valence-electron chi connectivity index (χ3n) is 7.87. The highest BCUT2D eigenvalue weighted by Crippen LogP contribution is 2.26. The van der Waals surface area contributed by atoms with Crippen LogP contribution in [0.2, 0.25) is 0 Å². The first-order chi connectivity index (χ1) is 24.0. The number of hydrogen-bond acceptors (Lipinski definition) is 12. The highest BCUT2D eigenvalue weighted by Gasteiger charge is 2.48. The number of likely N-dealkylation sites (tertiary alicyclic amines) is 2. The van der Waals surface area contributed by atoms with Crippen LogP contribution in [0.4, 0.5) is 0 Å². The Kier molecular flexibility index (Phi) is 14.8. The van der Waals surface area contributed by atoms with Gasteiger partial charge in [0, 0.05) is 17.5 Å². The topological polar surface area (TPSA) is 180 Å². The number of carbonyl (C=O) groups is 8. The molecule has 268 valence electrons. The summed E-state index contributed by atoms with van der Waals surface area (Å²) in [6.45, 7) is 6.70. The summed E-state index contributed by atoms with van der Waals surface area (Å²) in [6, 6.07) is 13.1. The molecule has 2 aromatic rings. The van der Waals surface area contributed by atoms with Gasteiger partial charge in [-0.1, -0.05) is 36.4 Å². The van der Waals surface area contributed by atoms with Gasteiger partial charge in [0.05, 0.1) is 33.0 Å². The Morgan fingerprint density at radius 3 is 1.58 bits per heavy atom. The molecule has 0 aromatic heterocycles. The normalized spacial score (nSPS) is 20.1. The summed E-state index contributed by atoms with van der Waals surface area (Å²) >= 11 is 0. The molecule has 2 heterocycles. The summed E-state index contributed by atoms with van der Waals surface area (Å²) < 4.78 is 19.9. The fourth-order valence-corrected chi connectivity index (χ4v) is 5.58. The first-order valence-electron chi connectivity index (χ1n) is 16.5. The minimum atomic E-state index is -1.43. The molecular formula is C36H42N2O12. The Morgan fingerprint density at radius 1 is 0.600 bits per heavy atom. The van der Waals surface area contributed by atoms with Crippen LogP contribution in [0.5, 0.6) is 0 Å². The Hall–Kier alpha value is -5.40. The second-order valence-electron chi connectivity index (χ2n) is 11.1. The van der Waals surface area contributed by atoms with Gasteiger partial charge < -0.3 is 28.7 Å². The van der Waals surface area contributed by atoms with Crippen LogP contribution in [0.1, 0.15) is 67.7 Å². The molecule has 4 atom stereocenters. The quantitative estimate of drug-likeness (QED) is 0.202. The molecule has 14 nitrogen and oxygen atoms in total. The van der Waals surface area contributed by atoms with Gasteiger partial charge in [-0.15, -0.1) is 0 Å². The van der Waals surface area contributed by atoms with Gasteiger partial charge in [0.2, 0.25) is 0 Å². The van der Waals surface area contributed by atoms with Crippen LogP contribution in [0.25, 0.3) is 0 Å². The lowest BCUT2D eigenvalue weighted by Gasteiger charge is -2.38. The van der Waals surface area contributed by atoms with Gasteiger partial charge in [0.1, 0.15) is 18.0 Å². The average molecular weight is 695 g/mol. The predicted octanol–water partition coefficient (Wildman–Crippen LogP) is 2.57. The van der Waals surface area contributed by atoms with E-state index in [1.165, 1.54) is 4.90 Å². The zero-order valence-electron chi connectivity index (χ0n) is 28.5. The molecule has 50 heavy (non-hydrogen) atoms. The number of ether oxygens (including phenoxy) is 4. The summed E-state index contributed by atoms with van der Waals surface area (Å²) in [5.74, 6) is -5.73. The van der Waals surface area contributed by atoms with Gasteiger partial charge in [0.15, 0.2) is 17.6 Å². The maximum Gasteiger partial charge on any atom is 0.336 e. The highest BCUT2D eigenvalue weighted by atomic mass is 16.5. The minimum absolute atomic E-state index is 0.00549. The maximum atomic E-state index is 12.9. The summed E-state index contributed by atoms with van der Waals surface area (Å²) in [7, 11) is 0. The van der Waals surface area contributed by atoms with E-state index in [4.69, 9.17) is 18.9 Å². The molecule has 0 saturated carbocycles. The maximum absolute atomic E-state index is 12.9. The van der Waals surface area contributed by atoms with Crippen molar-refractivity contribution in [2.24, 2.45) is 5.92 Å². The summed E-state index contributed by atoms with van der Waals surface area (Å²) in [5, 5.41) is 0. The second-order valence-corrected chi connectivity index (χ2v) is 11.1. The first kappa shape index (κ1) is 39.0. The molecule has 0 radical (unpaired) electrons. The average Bonchev–Trinajstić information content (AvgIpc) is 3.12. The van der Waals surface area contributed by atoms with Crippen molar-refractivity contribution >= 4 is 47.3 Å². The molecule has 2 aliphatic rings. The number of rotatable bonds is 10. The van der Waals surface area contributed by atoms with E-state index in [9.17, 15) is 38.4 Å². The monoisotopic (exact) mass is 694 g/mol. The van der Waals surface area contributed by atoms with Crippen LogP contribution in [-0.2, 0) is 47.7 Å². The fourth-order valence-electron chi connectivity index (χ4n) is 5.58. The van der Waals surface area contributed by atoms with Crippen molar-refractivity contribution in [1.82, 2.24) is 9.80 Å². The van der Waals surface area contributed by atoms with Crippen LogP contribution in [0.3, 0.4) is 0 Å². The van der Waals surface area contributed by atoms with E-state index >= 15 is 0 Å². The molecule has 2 amide bonds. The lowest BCUT2D eigenvalue weighted by Crippen LogP contribution is -2.60. The summed E-state index contributed by atoms with van der Waals surface area (Å²) in [5.41, 5.74) is 0.639. The number of nitrogens with zero attached hydrogens (tertiary/aromatic N) is 2. The number of piperidine rings is 2. The number of ketones is 2. The van der Waals surface area contributed by atoms with Gasteiger partial charge >= 0.3 is 23.9 Å². The van der Waals surface area contributed by atoms with Gasteiger partial charge in [-0.3, -0.25) is 24.0 Å². The van der Waals surface area contributed by atoms with Crippen LogP contribution < -0.4 is 0 Å². The molecule has 2 aromatic carbocycles. The Balaban J connectivity index is 0.000000270. The molecule has 14 heteroatoms. The van der Waals surface area contributed by atoms with Gasteiger partial charge in [-0.25, -0.2) is 14.4 Å². The van der Waals surface area contributed by atoms with Crippen molar-refractivity contribution in [3.8, 4) is 0 Å². The standard InChI is InChI=1S/2C18H21NO6/c1-3-24-17(22)13-10-14(18(23)25-4-2)19(11-15(13)20)16(21)12-8-6-5-7-9-12;1-3-24-17(22)13-10-11-14(20)15(18(23)25-4-2)19(13)16(21)12-8-6-5-7-9-12/h5-9,13-14H,3-4,10-11H2,1-2H3;5-9,13,15H,3-4,10-11H2,1-2H3. The van der Waals surface area contributed by atoms with Crippen molar-refractivity contribution < 1.29 is 57.3 Å². The van der Waals surface area contributed by atoms with E-state index in [1.54, 1.807) is 88.4 Å². The van der Waals surface area contributed by atoms with Crippen molar-refractivity contribution in [1.29, 1.82) is 0 Å². The van der Waals surface area contributed by atoms with Gasteiger partial charge in [-0.2, -0.15) is 0 Å². The molecule has 4 rings (SSSR count). The van der Waals surface area contributed by atoms with Crippen molar-refractivity contribution in [2.75, 3.05) is 33.0 Å². The van der Waals surface area contributed by atoms with E-state index in [-0.39, 0.29) is 57.8 Å². The SMILES string of the molecule is CCOC(=O)C1CC(C(=O)OCC)N(C(=O)c2ccccc2)CC1=O.CCOC(=O)C1CCC(=O)C(C(=O)OCC)N1C(=O)c1ccccc1. The van der Waals surface area contributed by atoms with E-state index < -0.39 is 71.3 Å². The van der Waals surface area contributed by atoms with Gasteiger partial charge in [-0.05, 0) is 64.8 Å². The molecule has 0 N–H and O–H groups in total. The number of carbonyl (C=O) groups excluding carboxylic acids is 8. The predicted molar refractivity (Wildman–Crippen MR) is 175 cm³/mol. The van der Waals surface area contributed by atoms with E-state index in [2.05, 4.69) is 0 Å². The number of amides is 2.